The zero-order valence-corrected chi connectivity index (χ0v) is 14.0. The van der Waals surface area contributed by atoms with Gasteiger partial charge in [0.1, 0.15) is 6.54 Å². The normalized spacial score (nSPS) is 13.8. The van der Waals surface area contributed by atoms with Gasteiger partial charge in [0, 0.05) is 12.2 Å². The number of benzene rings is 2. The van der Waals surface area contributed by atoms with E-state index >= 15 is 0 Å². The smallest absolute Gasteiger partial charge is 0.310 e. The molecule has 138 valence electrons. The molecule has 4 rings (SSSR count). The highest BCUT2D eigenvalue weighted by atomic mass is 19.4. The summed E-state index contributed by atoms with van der Waals surface area (Å²) in [4.78, 5) is 30.2. The summed E-state index contributed by atoms with van der Waals surface area (Å²) < 4.78 is 40.5. The Kier molecular flexibility index (Phi) is 3.98. The van der Waals surface area contributed by atoms with Crippen LogP contribution in [0, 0.1) is 0 Å². The number of amides is 1. The molecule has 1 aliphatic heterocycles. The van der Waals surface area contributed by atoms with E-state index in [-0.39, 0.29) is 11.0 Å². The first-order valence-corrected chi connectivity index (χ1v) is 8.31. The molecule has 0 saturated heterocycles. The highest BCUT2D eigenvalue weighted by Gasteiger charge is 2.37. The van der Waals surface area contributed by atoms with E-state index < -0.39 is 29.9 Å². The molecule has 8 heteroatoms. The van der Waals surface area contributed by atoms with Crippen molar-refractivity contribution in [1.82, 2.24) is 9.55 Å². The van der Waals surface area contributed by atoms with Crippen molar-refractivity contribution < 1.29 is 18.0 Å². The second-order valence-corrected chi connectivity index (χ2v) is 6.26. The van der Waals surface area contributed by atoms with Crippen molar-refractivity contribution in [1.29, 1.82) is 0 Å². The molecule has 1 amide bonds. The molecule has 0 bridgehead atoms. The van der Waals surface area contributed by atoms with Crippen molar-refractivity contribution in [3.63, 3.8) is 0 Å². The Balaban J connectivity index is 1.79. The van der Waals surface area contributed by atoms with Crippen molar-refractivity contribution in [3.05, 3.63) is 70.1 Å². The number of para-hydroxylation sites is 3. The van der Waals surface area contributed by atoms with Crippen molar-refractivity contribution in [2.24, 2.45) is 0 Å². The molecule has 1 aromatic heterocycles. The van der Waals surface area contributed by atoms with Crippen LogP contribution in [0.1, 0.15) is 11.3 Å². The Morgan fingerprint density at radius 1 is 1.07 bits per heavy atom. The zero-order valence-electron chi connectivity index (χ0n) is 14.0. The van der Waals surface area contributed by atoms with Crippen LogP contribution in [0.4, 0.5) is 18.9 Å². The van der Waals surface area contributed by atoms with Gasteiger partial charge in [-0.05, 0) is 30.2 Å². The minimum Gasteiger partial charge on any atom is -0.310 e. The van der Waals surface area contributed by atoms with Crippen LogP contribution >= 0.6 is 0 Å². The number of hydrogen-bond donors (Lipinski definition) is 0. The minimum atomic E-state index is -4.90. The molecular weight excluding hydrogens is 359 g/mol. The summed E-state index contributed by atoms with van der Waals surface area (Å²) >= 11 is 0. The quantitative estimate of drug-likeness (QED) is 0.694. The van der Waals surface area contributed by atoms with Gasteiger partial charge in [-0.1, -0.05) is 30.3 Å². The molecule has 0 spiro atoms. The molecule has 5 nitrogen and oxygen atoms in total. The molecule has 27 heavy (non-hydrogen) atoms. The second kappa shape index (κ2) is 6.22. The average Bonchev–Trinajstić information content (AvgIpc) is 3.07. The van der Waals surface area contributed by atoms with E-state index in [9.17, 15) is 22.8 Å². The van der Waals surface area contributed by atoms with Gasteiger partial charge < -0.3 is 4.90 Å². The number of alkyl halides is 3. The average molecular weight is 373 g/mol. The third-order valence-corrected chi connectivity index (χ3v) is 4.60. The summed E-state index contributed by atoms with van der Waals surface area (Å²) in [5.74, 6) is -0.438. The Morgan fingerprint density at radius 3 is 2.56 bits per heavy atom. The molecule has 2 aromatic carbocycles. The Morgan fingerprint density at radius 2 is 1.78 bits per heavy atom. The monoisotopic (exact) mass is 373 g/mol. The highest BCUT2D eigenvalue weighted by Crippen LogP contribution is 2.29. The van der Waals surface area contributed by atoms with Crippen LogP contribution in [0.3, 0.4) is 0 Å². The van der Waals surface area contributed by atoms with Crippen LogP contribution < -0.4 is 10.5 Å². The van der Waals surface area contributed by atoms with Crippen LogP contribution in [0.2, 0.25) is 0 Å². The van der Waals surface area contributed by atoms with Gasteiger partial charge in [0.2, 0.25) is 11.6 Å². The minimum absolute atomic E-state index is 0.0130. The number of rotatable bonds is 2. The van der Waals surface area contributed by atoms with E-state index in [0.29, 0.717) is 13.0 Å². The third-order valence-electron chi connectivity index (χ3n) is 4.60. The van der Waals surface area contributed by atoms with Gasteiger partial charge >= 0.3 is 6.18 Å². The van der Waals surface area contributed by atoms with E-state index in [1.807, 2.05) is 12.1 Å². The van der Waals surface area contributed by atoms with E-state index in [1.54, 1.807) is 18.2 Å². The second-order valence-electron chi connectivity index (χ2n) is 6.26. The number of halogens is 3. The molecule has 2 heterocycles. The molecule has 0 aliphatic carbocycles. The standard InChI is InChI=1S/C19H14F3N3O2/c20-19(21,22)17-18(27)25(15-8-4-2-6-13(15)23-17)11-16(26)24-10-9-12-5-1-3-7-14(12)24/h1-8H,9-11H2. The lowest BCUT2D eigenvalue weighted by Gasteiger charge is -2.19. The van der Waals surface area contributed by atoms with E-state index in [4.69, 9.17) is 0 Å². The van der Waals surface area contributed by atoms with Crippen LogP contribution in [0.25, 0.3) is 11.0 Å². The predicted molar refractivity (Wildman–Crippen MR) is 93.5 cm³/mol. The van der Waals surface area contributed by atoms with Crippen LogP contribution in [0.5, 0.6) is 0 Å². The number of aromatic nitrogens is 2. The highest BCUT2D eigenvalue weighted by molar-refractivity contribution is 5.96. The molecule has 0 radical (unpaired) electrons. The van der Waals surface area contributed by atoms with Crippen LogP contribution in [0.15, 0.2) is 53.3 Å². The fourth-order valence-electron chi connectivity index (χ4n) is 3.35. The van der Waals surface area contributed by atoms with E-state index in [1.165, 1.54) is 23.1 Å². The Labute approximate surface area is 151 Å². The fourth-order valence-corrected chi connectivity index (χ4v) is 3.35. The fraction of sp³-hybridized carbons (Fsp3) is 0.211. The van der Waals surface area contributed by atoms with E-state index in [2.05, 4.69) is 4.98 Å². The molecule has 0 N–H and O–H groups in total. The SMILES string of the molecule is O=C(Cn1c(=O)c(C(F)(F)F)nc2ccccc21)N1CCc2ccccc21. The Bertz CT molecular complexity index is 1110. The topological polar surface area (TPSA) is 55.2 Å². The molecule has 0 saturated carbocycles. The number of carbonyl (C=O) groups is 1. The number of fused-ring (bicyclic) bond motifs is 2. The van der Waals surface area contributed by atoms with Crippen LogP contribution in [-0.2, 0) is 23.9 Å². The lowest BCUT2D eigenvalue weighted by atomic mass is 10.2. The zero-order chi connectivity index (χ0) is 19.2. The lowest BCUT2D eigenvalue weighted by molar-refractivity contribution is -0.142. The van der Waals surface area contributed by atoms with Gasteiger partial charge in [-0.2, -0.15) is 13.2 Å². The molecule has 3 aromatic rings. The number of anilines is 1. The van der Waals surface area contributed by atoms with Gasteiger partial charge in [-0.15, -0.1) is 0 Å². The molecular formula is C19H14F3N3O2. The van der Waals surface area contributed by atoms with Gasteiger partial charge in [0.05, 0.1) is 11.0 Å². The van der Waals surface area contributed by atoms with Gasteiger partial charge in [0.15, 0.2) is 0 Å². The predicted octanol–water partition coefficient (Wildman–Crippen LogP) is 3.00. The molecule has 0 unspecified atom stereocenters. The summed E-state index contributed by atoms with van der Waals surface area (Å²) in [6.45, 7) is -0.0542. The van der Waals surface area contributed by atoms with Gasteiger partial charge in [-0.25, -0.2) is 4.98 Å². The van der Waals surface area contributed by atoms with Crippen molar-refractivity contribution in [3.8, 4) is 0 Å². The summed E-state index contributed by atoms with van der Waals surface area (Å²) in [6.07, 6.45) is -4.23. The number of hydrogen-bond acceptors (Lipinski definition) is 3. The summed E-state index contributed by atoms with van der Waals surface area (Å²) in [7, 11) is 0. The largest absolute Gasteiger partial charge is 0.438 e. The van der Waals surface area contributed by atoms with Crippen molar-refractivity contribution >= 4 is 22.6 Å². The maximum Gasteiger partial charge on any atom is 0.438 e. The van der Waals surface area contributed by atoms with E-state index in [0.717, 1.165) is 15.8 Å². The van der Waals surface area contributed by atoms with Gasteiger partial charge in [-0.3, -0.25) is 14.2 Å². The lowest BCUT2D eigenvalue weighted by Crippen LogP contribution is -2.38. The maximum absolute atomic E-state index is 13.2. The van der Waals surface area contributed by atoms with Crippen LogP contribution in [-0.4, -0.2) is 22.0 Å². The summed E-state index contributed by atoms with van der Waals surface area (Å²) in [6, 6.07) is 13.3. The first kappa shape index (κ1) is 17.3. The number of nitrogens with zero attached hydrogens (tertiary/aromatic N) is 3. The van der Waals surface area contributed by atoms with Crippen molar-refractivity contribution in [2.75, 3.05) is 11.4 Å². The summed E-state index contributed by atoms with van der Waals surface area (Å²) in [5.41, 5.74) is -0.910. The summed E-state index contributed by atoms with van der Waals surface area (Å²) in [5, 5.41) is 0. The maximum atomic E-state index is 13.2. The first-order valence-electron chi connectivity index (χ1n) is 8.31. The van der Waals surface area contributed by atoms with Crippen molar-refractivity contribution in [2.45, 2.75) is 19.1 Å². The molecule has 1 aliphatic rings. The third kappa shape index (κ3) is 2.97. The molecule has 0 fully saturated rings. The first-order chi connectivity index (χ1) is 12.9. The number of carbonyl (C=O) groups excluding carboxylic acids is 1. The molecule has 0 atom stereocenters. The Hall–Kier alpha value is -3.16. The van der Waals surface area contributed by atoms with Gasteiger partial charge in [0.25, 0.3) is 5.56 Å².